The summed E-state index contributed by atoms with van der Waals surface area (Å²) >= 11 is 0. The van der Waals surface area contributed by atoms with Crippen LogP contribution in [0.1, 0.15) is 85.0 Å². The highest BCUT2D eigenvalue weighted by atomic mass is 16.5. The topological polar surface area (TPSA) is 32.7 Å². The smallest absolute Gasteiger partial charge is 0.0784 e. The summed E-state index contributed by atoms with van der Waals surface area (Å²) in [6, 6.07) is 0. The van der Waals surface area contributed by atoms with Crippen molar-refractivity contribution in [1.29, 1.82) is 0 Å². The molecular weight excluding hydrogens is 382 g/mol. The van der Waals surface area contributed by atoms with Gasteiger partial charge in [-0.25, -0.2) is 0 Å². The standard InChI is InChI=1S/C28H45NO2/c1-21-9-10-22(19-26(21)30)11-12-23-7-5-15-28(4)24(13-14-25(23)28)8-6-16-29-17-18-31-27(2,3)20-29/h11-12,24-26,30H,1,5-10,13-20H2,2-4H3/b22-11-,23-12+. The molecule has 0 aromatic carbocycles. The first-order valence-electron chi connectivity index (χ1n) is 12.9. The first kappa shape index (κ1) is 23.3. The average molecular weight is 428 g/mol. The Hall–Kier alpha value is -0.900. The normalized spacial score (nSPS) is 39.2. The van der Waals surface area contributed by atoms with Crippen LogP contribution >= 0.6 is 0 Å². The minimum Gasteiger partial charge on any atom is -0.388 e. The molecule has 31 heavy (non-hydrogen) atoms. The summed E-state index contributed by atoms with van der Waals surface area (Å²) < 4.78 is 5.88. The Bertz CT molecular complexity index is 721. The van der Waals surface area contributed by atoms with E-state index in [4.69, 9.17) is 4.74 Å². The van der Waals surface area contributed by atoms with Crippen LogP contribution < -0.4 is 0 Å². The lowest BCUT2D eigenvalue weighted by Gasteiger charge is -2.43. The Morgan fingerprint density at radius 2 is 2.00 bits per heavy atom. The van der Waals surface area contributed by atoms with E-state index in [1.807, 2.05) is 0 Å². The number of rotatable bonds is 5. The zero-order chi connectivity index (χ0) is 22.1. The maximum Gasteiger partial charge on any atom is 0.0784 e. The van der Waals surface area contributed by atoms with Gasteiger partial charge in [0.05, 0.1) is 18.3 Å². The molecular formula is C28H45NO2. The van der Waals surface area contributed by atoms with E-state index in [1.165, 1.54) is 57.1 Å². The van der Waals surface area contributed by atoms with Crippen LogP contribution in [0.25, 0.3) is 0 Å². The number of aliphatic hydroxyl groups excluding tert-OH is 1. The summed E-state index contributed by atoms with van der Waals surface area (Å²) in [7, 11) is 0. The van der Waals surface area contributed by atoms with Crippen LogP contribution in [0.2, 0.25) is 0 Å². The number of hydrogen-bond donors (Lipinski definition) is 1. The molecule has 0 bridgehead atoms. The van der Waals surface area contributed by atoms with Gasteiger partial charge in [0.25, 0.3) is 0 Å². The Balaban J connectivity index is 1.34. The van der Waals surface area contributed by atoms with Gasteiger partial charge in [0.1, 0.15) is 0 Å². The predicted molar refractivity (Wildman–Crippen MR) is 129 cm³/mol. The number of hydrogen-bond acceptors (Lipinski definition) is 3. The van der Waals surface area contributed by atoms with E-state index >= 15 is 0 Å². The molecule has 3 saturated carbocycles. The van der Waals surface area contributed by atoms with Gasteiger partial charge in [0, 0.05) is 13.1 Å². The second-order valence-electron chi connectivity index (χ2n) is 11.7. The zero-order valence-electron chi connectivity index (χ0n) is 20.3. The summed E-state index contributed by atoms with van der Waals surface area (Å²) in [6.45, 7) is 15.3. The van der Waals surface area contributed by atoms with E-state index < -0.39 is 0 Å². The molecule has 4 aliphatic rings. The number of aliphatic hydroxyl groups is 1. The average Bonchev–Trinajstić information content (AvgIpc) is 3.05. The fourth-order valence-corrected chi connectivity index (χ4v) is 7.05. The largest absolute Gasteiger partial charge is 0.388 e. The van der Waals surface area contributed by atoms with Crippen molar-refractivity contribution in [3.05, 3.63) is 35.5 Å². The molecule has 0 aromatic rings. The minimum absolute atomic E-state index is 0.0158. The highest BCUT2D eigenvalue weighted by Crippen LogP contribution is 2.58. The van der Waals surface area contributed by atoms with E-state index in [2.05, 4.69) is 44.4 Å². The quantitative estimate of drug-likeness (QED) is 0.542. The van der Waals surface area contributed by atoms with Crippen LogP contribution in [0.5, 0.6) is 0 Å². The molecule has 0 radical (unpaired) electrons. The van der Waals surface area contributed by atoms with Crippen LogP contribution in [0.15, 0.2) is 35.5 Å². The minimum atomic E-state index is -0.331. The highest BCUT2D eigenvalue weighted by molar-refractivity contribution is 5.27. The van der Waals surface area contributed by atoms with Gasteiger partial charge in [0.2, 0.25) is 0 Å². The first-order valence-corrected chi connectivity index (χ1v) is 12.9. The summed E-state index contributed by atoms with van der Waals surface area (Å²) in [4.78, 5) is 2.61. The monoisotopic (exact) mass is 427 g/mol. The third kappa shape index (κ3) is 5.37. The van der Waals surface area contributed by atoms with Crippen molar-refractivity contribution >= 4 is 0 Å². The third-order valence-electron chi connectivity index (χ3n) is 8.92. The third-order valence-corrected chi connectivity index (χ3v) is 8.92. The van der Waals surface area contributed by atoms with Gasteiger partial charge in [-0.2, -0.15) is 0 Å². The molecule has 0 aromatic heterocycles. The molecule has 174 valence electrons. The Labute approximate surface area is 190 Å². The molecule has 4 atom stereocenters. The van der Waals surface area contributed by atoms with Crippen LogP contribution in [-0.2, 0) is 4.74 Å². The lowest BCUT2D eigenvalue weighted by Crippen LogP contribution is -2.48. The van der Waals surface area contributed by atoms with E-state index in [0.717, 1.165) is 56.4 Å². The van der Waals surface area contributed by atoms with Crippen LogP contribution in [0.4, 0.5) is 0 Å². The number of morpholine rings is 1. The molecule has 1 aliphatic heterocycles. The number of fused-ring (bicyclic) bond motifs is 1. The van der Waals surface area contributed by atoms with E-state index in [-0.39, 0.29) is 11.7 Å². The van der Waals surface area contributed by atoms with Gasteiger partial charge in [0.15, 0.2) is 0 Å². The van der Waals surface area contributed by atoms with Crippen molar-refractivity contribution in [1.82, 2.24) is 4.90 Å². The highest BCUT2D eigenvalue weighted by Gasteiger charge is 2.48. The molecule has 1 N–H and O–H groups in total. The van der Waals surface area contributed by atoms with Gasteiger partial charge in [-0.05, 0) is 107 Å². The summed E-state index contributed by atoms with van der Waals surface area (Å²) in [5.41, 5.74) is 4.62. The summed E-state index contributed by atoms with van der Waals surface area (Å²) in [5, 5.41) is 10.1. The molecule has 4 fully saturated rings. The van der Waals surface area contributed by atoms with E-state index in [9.17, 15) is 5.11 Å². The Kier molecular flexibility index (Phi) is 7.15. The summed E-state index contributed by atoms with van der Waals surface area (Å²) in [6.07, 6.45) is 16.8. The van der Waals surface area contributed by atoms with Crippen molar-refractivity contribution in [3.8, 4) is 0 Å². The van der Waals surface area contributed by atoms with E-state index in [1.54, 1.807) is 5.57 Å². The van der Waals surface area contributed by atoms with Crippen molar-refractivity contribution in [2.24, 2.45) is 17.3 Å². The van der Waals surface area contributed by atoms with Crippen molar-refractivity contribution in [3.63, 3.8) is 0 Å². The van der Waals surface area contributed by atoms with Crippen LogP contribution in [0.3, 0.4) is 0 Å². The SMILES string of the molecule is C=C1CC/C(=C/C=C2\CCCC3(C)C(CCCN4CCOC(C)(C)C4)CCC23)CC1O. The number of ether oxygens (including phenoxy) is 1. The van der Waals surface area contributed by atoms with E-state index in [0.29, 0.717) is 5.41 Å². The van der Waals surface area contributed by atoms with Gasteiger partial charge >= 0.3 is 0 Å². The maximum absolute atomic E-state index is 10.1. The van der Waals surface area contributed by atoms with Gasteiger partial charge in [-0.15, -0.1) is 0 Å². The molecule has 0 amide bonds. The van der Waals surface area contributed by atoms with Gasteiger partial charge in [-0.1, -0.05) is 36.8 Å². The van der Waals surface area contributed by atoms with Crippen LogP contribution in [-0.4, -0.2) is 48.0 Å². The molecule has 3 nitrogen and oxygen atoms in total. The van der Waals surface area contributed by atoms with Gasteiger partial charge < -0.3 is 9.84 Å². The lowest BCUT2D eigenvalue weighted by atomic mass is 9.62. The molecule has 3 aliphatic carbocycles. The molecule has 0 spiro atoms. The van der Waals surface area contributed by atoms with Crippen molar-refractivity contribution in [2.75, 3.05) is 26.2 Å². The van der Waals surface area contributed by atoms with Crippen LogP contribution in [0, 0.1) is 17.3 Å². The second kappa shape index (κ2) is 9.53. The molecule has 1 saturated heterocycles. The van der Waals surface area contributed by atoms with Crippen molar-refractivity contribution in [2.45, 2.75) is 96.7 Å². The zero-order valence-corrected chi connectivity index (χ0v) is 20.3. The van der Waals surface area contributed by atoms with Crippen molar-refractivity contribution < 1.29 is 9.84 Å². The molecule has 1 heterocycles. The Morgan fingerprint density at radius 3 is 2.77 bits per heavy atom. The number of nitrogens with zero attached hydrogens (tertiary/aromatic N) is 1. The molecule has 4 rings (SSSR count). The second-order valence-corrected chi connectivity index (χ2v) is 11.7. The first-order chi connectivity index (χ1) is 14.8. The lowest BCUT2D eigenvalue weighted by molar-refractivity contribution is -0.0864. The molecule has 4 unspecified atom stereocenters. The fourth-order valence-electron chi connectivity index (χ4n) is 7.05. The van der Waals surface area contributed by atoms with Gasteiger partial charge in [-0.3, -0.25) is 4.90 Å². The predicted octanol–water partition coefficient (Wildman–Crippen LogP) is 6.05. The fraction of sp³-hybridized carbons (Fsp3) is 0.786. The molecule has 3 heteroatoms. The maximum atomic E-state index is 10.1. The Morgan fingerprint density at radius 1 is 1.16 bits per heavy atom. The summed E-state index contributed by atoms with van der Waals surface area (Å²) in [5.74, 6) is 1.65. The number of allylic oxidation sites excluding steroid dienone is 3.